The van der Waals surface area contributed by atoms with E-state index in [1.807, 2.05) is 30.3 Å². The summed E-state index contributed by atoms with van der Waals surface area (Å²) in [5, 5.41) is 3.43. The van der Waals surface area contributed by atoms with Gasteiger partial charge in [-0.2, -0.15) is 0 Å². The van der Waals surface area contributed by atoms with Crippen molar-refractivity contribution >= 4 is 40.2 Å². The molecule has 0 saturated carbocycles. The second kappa shape index (κ2) is 8.39. The number of carbonyl (C=O) groups is 3. The highest BCUT2D eigenvalue weighted by Crippen LogP contribution is 2.34. The van der Waals surface area contributed by atoms with Crippen LogP contribution in [0.1, 0.15) is 52.7 Å². The van der Waals surface area contributed by atoms with E-state index in [9.17, 15) is 14.4 Å². The van der Waals surface area contributed by atoms with Gasteiger partial charge in [0, 0.05) is 13.1 Å². The second-order valence-electron chi connectivity index (χ2n) is 6.48. The molecule has 0 saturated heterocycles. The Bertz CT molecular complexity index is 948. The number of aryl methyl sites for hydroxylation is 1. The molecule has 0 spiro atoms. The van der Waals surface area contributed by atoms with E-state index in [0.717, 1.165) is 16.7 Å². The smallest absolute Gasteiger partial charge is 0.348 e. The molecule has 1 aromatic heterocycles. The molecule has 1 N–H and O–H groups in total. The van der Waals surface area contributed by atoms with Crippen molar-refractivity contribution in [3.63, 3.8) is 0 Å². The molecule has 28 heavy (non-hydrogen) atoms. The maximum absolute atomic E-state index is 12.7. The zero-order valence-corrected chi connectivity index (χ0v) is 16.8. The SMILES string of the molecule is CCOC(=O)c1sc(NC(=O)CC2c3ccccc3C=CN2C(C)=O)cc1C. The molecule has 0 radical (unpaired) electrons. The summed E-state index contributed by atoms with van der Waals surface area (Å²) in [5.74, 6) is -0.738. The minimum absolute atomic E-state index is 0.118. The number of nitrogens with one attached hydrogen (secondary N) is 1. The Balaban J connectivity index is 1.77. The Labute approximate surface area is 167 Å². The first kappa shape index (κ1) is 19.8. The third kappa shape index (κ3) is 4.14. The van der Waals surface area contributed by atoms with E-state index in [-0.39, 0.29) is 30.2 Å². The highest BCUT2D eigenvalue weighted by Gasteiger charge is 2.28. The van der Waals surface area contributed by atoms with Crippen LogP contribution in [0, 0.1) is 6.92 Å². The molecule has 0 fully saturated rings. The van der Waals surface area contributed by atoms with Crippen molar-refractivity contribution in [1.29, 1.82) is 0 Å². The topological polar surface area (TPSA) is 75.7 Å². The fourth-order valence-electron chi connectivity index (χ4n) is 3.22. The predicted molar refractivity (Wildman–Crippen MR) is 109 cm³/mol. The summed E-state index contributed by atoms with van der Waals surface area (Å²) in [5.41, 5.74) is 2.69. The largest absolute Gasteiger partial charge is 0.462 e. The van der Waals surface area contributed by atoms with E-state index < -0.39 is 0 Å². The van der Waals surface area contributed by atoms with Crippen molar-refractivity contribution in [1.82, 2.24) is 4.90 Å². The maximum atomic E-state index is 12.7. The lowest BCUT2D eigenvalue weighted by Gasteiger charge is -2.32. The van der Waals surface area contributed by atoms with E-state index in [0.29, 0.717) is 16.5 Å². The highest BCUT2D eigenvalue weighted by molar-refractivity contribution is 7.18. The Morgan fingerprint density at radius 3 is 2.71 bits per heavy atom. The summed E-state index contributed by atoms with van der Waals surface area (Å²) >= 11 is 1.19. The van der Waals surface area contributed by atoms with Gasteiger partial charge >= 0.3 is 5.97 Å². The number of esters is 1. The molecule has 0 aliphatic carbocycles. The van der Waals surface area contributed by atoms with Crippen LogP contribution >= 0.6 is 11.3 Å². The number of thiophene rings is 1. The molecule has 1 aromatic carbocycles. The van der Waals surface area contributed by atoms with Gasteiger partial charge in [-0.05, 0) is 42.7 Å². The molecular formula is C21H22N2O4S. The number of anilines is 1. The van der Waals surface area contributed by atoms with Gasteiger partial charge in [-0.15, -0.1) is 11.3 Å². The molecule has 2 heterocycles. The first-order valence-corrected chi connectivity index (χ1v) is 9.85. The fraction of sp³-hybridized carbons (Fsp3) is 0.286. The number of ether oxygens (including phenoxy) is 1. The maximum Gasteiger partial charge on any atom is 0.348 e. The standard InChI is InChI=1S/C21H22N2O4S/c1-4-27-21(26)20-13(2)11-19(28-20)22-18(25)12-17-16-8-6-5-7-15(16)9-10-23(17)14(3)24/h5-11,17H,4,12H2,1-3H3,(H,22,25). The second-order valence-corrected chi connectivity index (χ2v) is 7.53. The quantitative estimate of drug-likeness (QED) is 0.768. The molecule has 1 aliphatic heterocycles. The van der Waals surface area contributed by atoms with Crippen LogP contribution in [0.3, 0.4) is 0 Å². The van der Waals surface area contributed by atoms with Crippen LogP contribution in [-0.4, -0.2) is 29.3 Å². The van der Waals surface area contributed by atoms with Crippen molar-refractivity contribution in [3.8, 4) is 0 Å². The molecule has 2 aromatic rings. The van der Waals surface area contributed by atoms with Crippen LogP contribution in [0.5, 0.6) is 0 Å². The normalized spacial score (nSPS) is 15.1. The van der Waals surface area contributed by atoms with E-state index >= 15 is 0 Å². The van der Waals surface area contributed by atoms with E-state index in [1.54, 1.807) is 31.0 Å². The Morgan fingerprint density at radius 1 is 1.25 bits per heavy atom. The molecule has 2 amide bonds. The van der Waals surface area contributed by atoms with Crippen molar-refractivity contribution in [2.75, 3.05) is 11.9 Å². The fourth-order valence-corrected chi connectivity index (χ4v) is 4.20. The molecule has 1 aliphatic rings. The average Bonchev–Trinajstić information content (AvgIpc) is 3.02. The van der Waals surface area contributed by atoms with Gasteiger partial charge in [-0.3, -0.25) is 9.59 Å². The van der Waals surface area contributed by atoms with Crippen LogP contribution in [0.2, 0.25) is 0 Å². The Hall–Kier alpha value is -2.93. The Morgan fingerprint density at radius 2 is 2.00 bits per heavy atom. The predicted octanol–water partition coefficient (Wildman–Crippen LogP) is 4.14. The average molecular weight is 398 g/mol. The molecule has 1 unspecified atom stereocenters. The molecule has 6 nitrogen and oxygen atoms in total. The van der Waals surface area contributed by atoms with Crippen molar-refractivity contribution in [2.45, 2.75) is 33.2 Å². The van der Waals surface area contributed by atoms with Gasteiger partial charge in [-0.1, -0.05) is 24.3 Å². The van der Waals surface area contributed by atoms with Crippen LogP contribution < -0.4 is 5.32 Å². The molecule has 1 atom stereocenters. The Kier molecular flexibility index (Phi) is 5.94. The molecule has 0 bridgehead atoms. The third-order valence-electron chi connectivity index (χ3n) is 4.49. The van der Waals surface area contributed by atoms with Crippen LogP contribution in [0.15, 0.2) is 36.5 Å². The summed E-state index contributed by atoms with van der Waals surface area (Å²) in [6.07, 6.45) is 3.71. The summed E-state index contributed by atoms with van der Waals surface area (Å²) in [6.45, 7) is 5.34. The summed E-state index contributed by atoms with van der Waals surface area (Å²) < 4.78 is 5.04. The number of amides is 2. The van der Waals surface area contributed by atoms with Gasteiger partial charge in [0.05, 0.1) is 24.1 Å². The number of rotatable bonds is 5. The van der Waals surface area contributed by atoms with Gasteiger partial charge < -0.3 is 15.0 Å². The molecule has 7 heteroatoms. The number of carbonyl (C=O) groups excluding carboxylic acids is 3. The van der Waals surface area contributed by atoms with Gasteiger partial charge in [-0.25, -0.2) is 4.79 Å². The molecule has 146 valence electrons. The zero-order valence-electron chi connectivity index (χ0n) is 16.0. The lowest BCUT2D eigenvalue weighted by molar-refractivity contribution is -0.129. The third-order valence-corrected chi connectivity index (χ3v) is 5.62. The first-order valence-electron chi connectivity index (χ1n) is 9.04. The van der Waals surface area contributed by atoms with Crippen LogP contribution in [0.25, 0.3) is 6.08 Å². The summed E-state index contributed by atoms with van der Waals surface area (Å²) in [7, 11) is 0. The molecule has 3 rings (SSSR count). The van der Waals surface area contributed by atoms with Crippen LogP contribution in [-0.2, 0) is 14.3 Å². The highest BCUT2D eigenvalue weighted by atomic mass is 32.1. The molecular weight excluding hydrogens is 376 g/mol. The van der Waals surface area contributed by atoms with E-state index in [1.165, 1.54) is 18.3 Å². The minimum Gasteiger partial charge on any atom is -0.462 e. The number of fused-ring (bicyclic) bond motifs is 1. The number of benzene rings is 1. The van der Waals surface area contributed by atoms with Gasteiger partial charge in [0.15, 0.2) is 0 Å². The lowest BCUT2D eigenvalue weighted by Crippen LogP contribution is -2.33. The van der Waals surface area contributed by atoms with Crippen molar-refractivity contribution in [3.05, 3.63) is 58.1 Å². The summed E-state index contributed by atoms with van der Waals surface area (Å²) in [4.78, 5) is 38.7. The van der Waals surface area contributed by atoms with E-state index in [4.69, 9.17) is 4.74 Å². The van der Waals surface area contributed by atoms with Crippen molar-refractivity contribution < 1.29 is 19.1 Å². The zero-order chi connectivity index (χ0) is 20.3. The van der Waals surface area contributed by atoms with Gasteiger partial charge in [0.1, 0.15) is 4.88 Å². The number of nitrogens with zero attached hydrogens (tertiary/aromatic N) is 1. The van der Waals surface area contributed by atoms with Gasteiger partial charge in [0.25, 0.3) is 0 Å². The van der Waals surface area contributed by atoms with Crippen LogP contribution in [0.4, 0.5) is 5.00 Å². The van der Waals surface area contributed by atoms with Crippen molar-refractivity contribution in [2.24, 2.45) is 0 Å². The van der Waals surface area contributed by atoms with E-state index in [2.05, 4.69) is 5.32 Å². The first-order chi connectivity index (χ1) is 13.4. The lowest BCUT2D eigenvalue weighted by atomic mass is 9.93. The van der Waals surface area contributed by atoms with Gasteiger partial charge in [0.2, 0.25) is 11.8 Å². The number of hydrogen-bond acceptors (Lipinski definition) is 5. The minimum atomic E-state index is -0.389. The number of hydrogen-bond donors (Lipinski definition) is 1. The summed E-state index contributed by atoms with van der Waals surface area (Å²) in [6, 6.07) is 9.10. The monoisotopic (exact) mass is 398 g/mol.